The fraction of sp³-hybridized carbons (Fsp3) is 0.222. The third kappa shape index (κ3) is 3.82. The van der Waals surface area contributed by atoms with Gasteiger partial charge in [0.25, 0.3) is 11.5 Å². The van der Waals surface area contributed by atoms with Gasteiger partial charge in [-0.05, 0) is 63.6 Å². The Morgan fingerprint density at radius 3 is 2.31 bits per heavy atom. The van der Waals surface area contributed by atoms with E-state index in [1.54, 1.807) is 15.5 Å². The highest BCUT2D eigenvalue weighted by Gasteiger charge is 2.27. The third-order valence-electron chi connectivity index (χ3n) is 5.91. The molecule has 0 aliphatic carbocycles. The summed E-state index contributed by atoms with van der Waals surface area (Å²) in [7, 11) is 0. The molecule has 1 heterocycles. The van der Waals surface area contributed by atoms with Crippen molar-refractivity contribution in [3.63, 3.8) is 0 Å². The number of aromatic nitrogens is 2. The van der Waals surface area contributed by atoms with E-state index in [0.29, 0.717) is 28.8 Å². The number of hydrogen-bond donors (Lipinski definition) is 0. The zero-order valence-corrected chi connectivity index (χ0v) is 18.9. The van der Waals surface area contributed by atoms with E-state index in [4.69, 9.17) is 4.98 Å². The Morgan fingerprint density at radius 1 is 0.969 bits per heavy atom. The van der Waals surface area contributed by atoms with Crippen molar-refractivity contribution >= 4 is 16.8 Å². The Balaban J connectivity index is 1.91. The van der Waals surface area contributed by atoms with Crippen molar-refractivity contribution in [2.45, 2.75) is 33.7 Å². The van der Waals surface area contributed by atoms with Crippen molar-refractivity contribution in [1.82, 2.24) is 14.5 Å². The molecule has 0 aliphatic rings. The van der Waals surface area contributed by atoms with Crippen molar-refractivity contribution in [1.29, 1.82) is 0 Å². The van der Waals surface area contributed by atoms with Gasteiger partial charge in [0.05, 0.1) is 22.6 Å². The summed E-state index contributed by atoms with van der Waals surface area (Å²) < 4.78 is 1.64. The second-order valence-corrected chi connectivity index (χ2v) is 8.05. The Kier molecular flexibility index (Phi) is 5.91. The number of benzene rings is 3. The van der Waals surface area contributed by atoms with Crippen LogP contribution in [0.2, 0.25) is 0 Å². The lowest BCUT2D eigenvalue weighted by Crippen LogP contribution is -2.37. The minimum absolute atomic E-state index is 0.0732. The van der Waals surface area contributed by atoms with E-state index >= 15 is 0 Å². The van der Waals surface area contributed by atoms with Crippen LogP contribution in [0, 0.1) is 13.8 Å². The first kappa shape index (κ1) is 21.5. The standard InChI is InChI=1S/C27H27N3O2/c1-5-29(26(31)22-11-7-6-10-19(22)3)20(4)25-28-24-13-9-8-12-23(24)27(32)30(25)21-16-14-18(2)15-17-21/h6-17,20H,5H2,1-4H3. The van der Waals surface area contributed by atoms with Gasteiger partial charge in [-0.25, -0.2) is 4.98 Å². The van der Waals surface area contributed by atoms with Crippen molar-refractivity contribution < 1.29 is 4.79 Å². The van der Waals surface area contributed by atoms with Crippen LogP contribution in [0.3, 0.4) is 0 Å². The third-order valence-corrected chi connectivity index (χ3v) is 5.91. The maximum absolute atomic E-state index is 13.6. The van der Waals surface area contributed by atoms with Crippen LogP contribution in [0.4, 0.5) is 0 Å². The Labute approximate surface area is 188 Å². The zero-order valence-electron chi connectivity index (χ0n) is 18.9. The molecule has 5 heteroatoms. The summed E-state index contributed by atoms with van der Waals surface area (Å²) in [5.41, 5.74) is 3.91. The van der Waals surface area contributed by atoms with Crippen LogP contribution in [0.25, 0.3) is 16.6 Å². The molecule has 0 radical (unpaired) electrons. The van der Waals surface area contributed by atoms with E-state index < -0.39 is 6.04 Å². The van der Waals surface area contributed by atoms with Gasteiger partial charge in [-0.1, -0.05) is 48.0 Å². The molecule has 3 aromatic carbocycles. The van der Waals surface area contributed by atoms with Crippen LogP contribution in [0.15, 0.2) is 77.6 Å². The number of fused-ring (bicyclic) bond motifs is 1. The highest BCUT2D eigenvalue weighted by Crippen LogP contribution is 2.25. The first-order valence-corrected chi connectivity index (χ1v) is 10.9. The molecule has 0 spiro atoms. The molecule has 0 bridgehead atoms. The lowest BCUT2D eigenvalue weighted by Gasteiger charge is -2.30. The number of carbonyl (C=O) groups is 1. The summed E-state index contributed by atoms with van der Waals surface area (Å²) in [6.07, 6.45) is 0. The van der Waals surface area contributed by atoms with E-state index in [2.05, 4.69) is 0 Å². The zero-order chi connectivity index (χ0) is 22.8. The summed E-state index contributed by atoms with van der Waals surface area (Å²) in [5, 5.41) is 0.553. The van der Waals surface area contributed by atoms with Crippen molar-refractivity contribution in [3.8, 4) is 5.69 Å². The van der Waals surface area contributed by atoms with Crippen LogP contribution >= 0.6 is 0 Å². The molecule has 5 nitrogen and oxygen atoms in total. The number of nitrogens with zero attached hydrogens (tertiary/aromatic N) is 3. The predicted octanol–water partition coefficient (Wildman–Crippen LogP) is 5.23. The van der Waals surface area contributed by atoms with Crippen LogP contribution in [-0.4, -0.2) is 26.9 Å². The van der Waals surface area contributed by atoms with E-state index in [0.717, 1.165) is 16.8 Å². The van der Waals surface area contributed by atoms with E-state index in [-0.39, 0.29) is 11.5 Å². The molecule has 1 unspecified atom stereocenters. The molecule has 0 saturated heterocycles. The molecule has 0 aliphatic heterocycles. The maximum Gasteiger partial charge on any atom is 0.266 e. The normalized spacial score (nSPS) is 12.0. The highest BCUT2D eigenvalue weighted by molar-refractivity contribution is 5.95. The number of para-hydroxylation sites is 1. The average Bonchev–Trinajstić information content (AvgIpc) is 2.80. The molecule has 4 rings (SSSR count). The molecule has 0 saturated carbocycles. The van der Waals surface area contributed by atoms with Crippen LogP contribution in [0.1, 0.15) is 47.2 Å². The van der Waals surface area contributed by atoms with Crippen LogP contribution in [0.5, 0.6) is 0 Å². The van der Waals surface area contributed by atoms with Gasteiger partial charge < -0.3 is 4.90 Å². The van der Waals surface area contributed by atoms with Crippen LogP contribution in [-0.2, 0) is 0 Å². The Morgan fingerprint density at radius 2 is 1.62 bits per heavy atom. The van der Waals surface area contributed by atoms with Gasteiger partial charge in [0.2, 0.25) is 0 Å². The highest BCUT2D eigenvalue weighted by atomic mass is 16.2. The smallest absolute Gasteiger partial charge is 0.266 e. The van der Waals surface area contributed by atoms with Crippen LogP contribution < -0.4 is 5.56 Å². The number of hydrogen-bond acceptors (Lipinski definition) is 3. The first-order valence-electron chi connectivity index (χ1n) is 10.9. The average molecular weight is 426 g/mol. The fourth-order valence-corrected chi connectivity index (χ4v) is 4.07. The predicted molar refractivity (Wildman–Crippen MR) is 128 cm³/mol. The minimum Gasteiger partial charge on any atom is -0.329 e. The first-order chi connectivity index (χ1) is 15.4. The molecule has 1 aromatic heterocycles. The van der Waals surface area contributed by atoms with Gasteiger partial charge in [0, 0.05) is 12.1 Å². The number of rotatable bonds is 5. The summed E-state index contributed by atoms with van der Waals surface area (Å²) in [5.74, 6) is 0.470. The van der Waals surface area contributed by atoms with E-state index in [9.17, 15) is 9.59 Å². The van der Waals surface area contributed by atoms with E-state index in [1.165, 1.54) is 0 Å². The lowest BCUT2D eigenvalue weighted by molar-refractivity contribution is 0.0692. The molecule has 162 valence electrons. The monoisotopic (exact) mass is 425 g/mol. The largest absolute Gasteiger partial charge is 0.329 e. The summed E-state index contributed by atoms with van der Waals surface area (Å²) in [6, 6.07) is 22.3. The molecule has 4 aromatic rings. The van der Waals surface area contributed by atoms with Crippen molar-refractivity contribution in [2.24, 2.45) is 0 Å². The number of amides is 1. The molecule has 1 amide bonds. The van der Waals surface area contributed by atoms with Gasteiger partial charge in [0.1, 0.15) is 5.82 Å². The molecule has 1 atom stereocenters. The fourth-order valence-electron chi connectivity index (χ4n) is 4.07. The molecule has 0 N–H and O–H groups in total. The minimum atomic E-state index is -0.411. The Bertz CT molecular complexity index is 1340. The van der Waals surface area contributed by atoms with Gasteiger partial charge in [-0.2, -0.15) is 0 Å². The summed E-state index contributed by atoms with van der Waals surface area (Å²) in [6.45, 7) is 8.31. The number of carbonyl (C=O) groups excluding carboxylic acids is 1. The van der Waals surface area contributed by atoms with Gasteiger partial charge >= 0.3 is 0 Å². The molecule has 0 fully saturated rings. The quantitative estimate of drug-likeness (QED) is 0.440. The lowest BCUT2D eigenvalue weighted by atomic mass is 10.1. The van der Waals surface area contributed by atoms with E-state index in [1.807, 2.05) is 94.4 Å². The number of aryl methyl sites for hydroxylation is 2. The summed E-state index contributed by atoms with van der Waals surface area (Å²) in [4.78, 5) is 33.7. The van der Waals surface area contributed by atoms with Gasteiger partial charge in [0.15, 0.2) is 0 Å². The van der Waals surface area contributed by atoms with Gasteiger partial charge in [-0.3, -0.25) is 14.2 Å². The van der Waals surface area contributed by atoms with Crippen molar-refractivity contribution in [3.05, 3.63) is 106 Å². The molecular weight excluding hydrogens is 398 g/mol. The van der Waals surface area contributed by atoms with Gasteiger partial charge in [-0.15, -0.1) is 0 Å². The summed E-state index contributed by atoms with van der Waals surface area (Å²) >= 11 is 0. The second kappa shape index (κ2) is 8.79. The molecular formula is C27H27N3O2. The molecule has 32 heavy (non-hydrogen) atoms. The second-order valence-electron chi connectivity index (χ2n) is 8.05. The van der Waals surface area contributed by atoms with Crippen molar-refractivity contribution in [2.75, 3.05) is 6.54 Å². The SMILES string of the molecule is CCN(C(=O)c1ccccc1C)C(C)c1nc2ccccc2c(=O)n1-c1ccc(C)cc1. The maximum atomic E-state index is 13.6. The topological polar surface area (TPSA) is 55.2 Å². The Hall–Kier alpha value is -3.73.